The largest absolute Gasteiger partial charge is 0.545 e. The highest BCUT2D eigenvalue weighted by Crippen LogP contribution is 2.04. The lowest BCUT2D eigenvalue weighted by molar-refractivity contribution is -0.603. The van der Waals surface area contributed by atoms with Crippen LogP contribution in [-0.2, 0) is 14.1 Å². The third-order valence-corrected chi connectivity index (χ3v) is 3.36. The molecule has 0 aliphatic rings. The van der Waals surface area contributed by atoms with Crippen LogP contribution in [0.3, 0.4) is 0 Å². The second-order valence-electron chi connectivity index (χ2n) is 4.75. The monoisotopic (exact) mass is 301 g/mol. The highest BCUT2D eigenvalue weighted by atomic mass is 16.4. The van der Waals surface area contributed by atoms with Crippen molar-refractivity contribution in [3.63, 3.8) is 0 Å². The molecule has 0 aliphatic carbocycles. The van der Waals surface area contributed by atoms with Crippen LogP contribution < -0.4 is 20.9 Å². The van der Waals surface area contributed by atoms with Crippen LogP contribution in [-0.4, -0.2) is 25.1 Å². The van der Waals surface area contributed by atoms with Gasteiger partial charge in [-0.05, 0) is 17.1 Å². The van der Waals surface area contributed by atoms with E-state index in [0.717, 1.165) is 4.57 Å². The van der Waals surface area contributed by atoms with Crippen LogP contribution in [0.4, 0.5) is 0 Å². The number of nitrogens with one attached hydrogen (secondary N) is 1. The van der Waals surface area contributed by atoms with Crippen LogP contribution in [0.25, 0.3) is 17.1 Å². The third-order valence-electron chi connectivity index (χ3n) is 3.36. The molecule has 3 heterocycles. The summed E-state index contributed by atoms with van der Waals surface area (Å²) in [5, 5.41) is 10.9. The van der Waals surface area contributed by atoms with E-state index in [1.807, 2.05) is 0 Å². The van der Waals surface area contributed by atoms with Crippen molar-refractivity contribution in [3.8, 4) is 5.95 Å². The van der Waals surface area contributed by atoms with E-state index < -0.39 is 17.2 Å². The number of hydrogen-bond donors (Lipinski definition) is 1. The molecule has 0 bridgehead atoms. The van der Waals surface area contributed by atoms with Gasteiger partial charge in [0, 0.05) is 19.7 Å². The van der Waals surface area contributed by atoms with Crippen LogP contribution in [0.15, 0.2) is 34.1 Å². The molecule has 0 spiro atoms. The van der Waals surface area contributed by atoms with E-state index in [2.05, 4.69) is 9.97 Å². The Balaban J connectivity index is 2.30. The predicted molar refractivity (Wildman–Crippen MR) is 72.4 cm³/mol. The number of hydrogen-bond acceptors (Lipinski definition) is 5. The summed E-state index contributed by atoms with van der Waals surface area (Å²) < 4.78 is 3.60. The minimum atomic E-state index is -1.33. The number of aromatic amines is 1. The van der Waals surface area contributed by atoms with Crippen LogP contribution in [0.2, 0.25) is 0 Å². The number of carboxylic acids is 1. The van der Waals surface area contributed by atoms with E-state index in [1.165, 1.54) is 41.6 Å². The first-order valence-corrected chi connectivity index (χ1v) is 6.29. The fourth-order valence-corrected chi connectivity index (χ4v) is 2.16. The van der Waals surface area contributed by atoms with Crippen molar-refractivity contribution < 1.29 is 14.5 Å². The second-order valence-corrected chi connectivity index (χ2v) is 4.75. The average Bonchev–Trinajstić information content (AvgIpc) is 2.96. The quantitative estimate of drug-likeness (QED) is 0.530. The van der Waals surface area contributed by atoms with Gasteiger partial charge in [-0.2, -0.15) is 0 Å². The number of fused-ring (bicyclic) bond motifs is 1. The van der Waals surface area contributed by atoms with E-state index >= 15 is 0 Å². The Bertz CT molecular complexity index is 1030. The number of carbonyl (C=O) groups is 1. The summed E-state index contributed by atoms with van der Waals surface area (Å²) in [5.74, 6) is -1.11. The summed E-state index contributed by atoms with van der Waals surface area (Å²) in [6.07, 6.45) is 2.86. The number of carboxylic acid groups (broad SMARTS) is 1. The maximum atomic E-state index is 12.1. The van der Waals surface area contributed by atoms with Gasteiger partial charge in [0.1, 0.15) is 0 Å². The average molecular weight is 301 g/mol. The van der Waals surface area contributed by atoms with Gasteiger partial charge in [0.25, 0.3) is 11.2 Å². The fraction of sp³-hybridized carbons (Fsp3) is 0.154. The van der Waals surface area contributed by atoms with E-state index in [9.17, 15) is 19.5 Å². The lowest BCUT2D eigenvalue weighted by Gasteiger charge is -2.01. The molecule has 1 N–H and O–H groups in total. The Morgan fingerprint density at radius 3 is 2.73 bits per heavy atom. The number of carbonyl (C=O) groups excluding carboxylic acids is 1. The zero-order chi connectivity index (χ0) is 16.0. The molecule has 0 fully saturated rings. The molecule has 0 amide bonds. The van der Waals surface area contributed by atoms with Gasteiger partial charge in [0.15, 0.2) is 0 Å². The van der Waals surface area contributed by atoms with Crippen molar-refractivity contribution in [1.82, 2.24) is 19.1 Å². The molecule has 3 rings (SSSR count). The Hall–Kier alpha value is -3.23. The number of aryl methyl sites for hydroxylation is 1. The molecule has 0 atom stereocenters. The predicted octanol–water partition coefficient (Wildman–Crippen LogP) is -2.40. The Morgan fingerprint density at radius 2 is 2.05 bits per heavy atom. The molecular formula is C13H11N5O4. The highest BCUT2D eigenvalue weighted by molar-refractivity contribution is 5.84. The standard InChI is InChI=1S/C13H11N5O4/c1-16-9-8(10(19)17(2)13(16)22)14-12(15-9)18-5-3-4-7(6-18)11(20)21/h3-6H,1-2H3,(H-,14,15,19,20,21). The van der Waals surface area contributed by atoms with Crippen molar-refractivity contribution in [1.29, 1.82) is 0 Å². The third kappa shape index (κ3) is 1.91. The fourth-order valence-electron chi connectivity index (χ4n) is 2.16. The molecular weight excluding hydrogens is 290 g/mol. The molecule has 0 unspecified atom stereocenters. The van der Waals surface area contributed by atoms with E-state index in [-0.39, 0.29) is 22.7 Å². The van der Waals surface area contributed by atoms with Gasteiger partial charge in [0.05, 0.1) is 18.4 Å². The molecule has 0 aromatic carbocycles. The maximum Gasteiger partial charge on any atom is 0.403 e. The highest BCUT2D eigenvalue weighted by Gasteiger charge is 2.21. The van der Waals surface area contributed by atoms with Gasteiger partial charge in [0.2, 0.25) is 5.52 Å². The second kappa shape index (κ2) is 4.65. The minimum absolute atomic E-state index is 0.0373. The first-order valence-electron chi connectivity index (χ1n) is 6.29. The Kier molecular flexibility index (Phi) is 2.91. The van der Waals surface area contributed by atoms with Crippen molar-refractivity contribution >= 4 is 17.1 Å². The first-order chi connectivity index (χ1) is 10.4. The van der Waals surface area contributed by atoms with Crippen molar-refractivity contribution in [2.75, 3.05) is 0 Å². The van der Waals surface area contributed by atoms with Crippen LogP contribution in [0.1, 0.15) is 10.4 Å². The Labute approximate surface area is 122 Å². The smallest absolute Gasteiger partial charge is 0.403 e. The van der Waals surface area contributed by atoms with Gasteiger partial charge in [-0.25, -0.2) is 14.3 Å². The zero-order valence-corrected chi connectivity index (χ0v) is 11.7. The number of pyridine rings is 1. The summed E-state index contributed by atoms with van der Waals surface area (Å²) >= 11 is 0. The summed E-state index contributed by atoms with van der Waals surface area (Å²) in [4.78, 5) is 41.8. The number of aromatic nitrogens is 5. The number of H-pyrrole nitrogens is 1. The Morgan fingerprint density at radius 1 is 1.32 bits per heavy atom. The molecule has 3 aromatic heterocycles. The summed E-state index contributed by atoms with van der Waals surface area (Å²) in [6.45, 7) is 0. The molecule has 0 saturated heterocycles. The maximum absolute atomic E-state index is 12.1. The van der Waals surface area contributed by atoms with E-state index in [0.29, 0.717) is 0 Å². The summed E-state index contributed by atoms with van der Waals surface area (Å²) in [5.41, 5.74) is -0.692. The molecule has 0 radical (unpaired) electrons. The molecule has 9 nitrogen and oxygen atoms in total. The number of rotatable bonds is 2. The zero-order valence-electron chi connectivity index (χ0n) is 11.7. The lowest BCUT2D eigenvalue weighted by atomic mass is 10.3. The van der Waals surface area contributed by atoms with Gasteiger partial charge in [-0.15, -0.1) is 0 Å². The van der Waals surface area contributed by atoms with Crippen LogP contribution >= 0.6 is 0 Å². The van der Waals surface area contributed by atoms with Gasteiger partial charge < -0.3 is 9.90 Å². The van der Waals surface area contributed by atoms with E-state index in [4.69, 9.17) is 0 Å². The van der Waals surface area contributed by atoms with Gasteiger partial charge in [-0.3, -0.25) is 13.9 Å². The van der Waals surface area contributed by atoms with Crippen LogP contribution in [0, 0.1) is 0 Å². The van der Waals surface area contributed by atoms with Crippen molar-refractivity contribution in [3.05, 3.63) is 50.9 Å². The lowest BCUT2D eigenvalue weighted by Crippen LogP contribution is -2.36. The molecule has 0 saturated carbocycles. The van der Waals surface area contributed by atoms with Crippen molar-refractivity contribution in [2.24, 2.45) is 14.1 Å². The topological polar surface area (TPSA) is 117 Å². The minimum Gasteiger partial charge on any atom is -0.545 e. The van der Waals surface area contributed by atoms with Crippen molar-refractivity contribution in [2.45, 2.75) is 0 Å². The molecule has 112 valence electrons. The molecule has 0 aliphatic heterocycles. The number of imidazole rings is 1. The number of aromatic carboxylic acids is 1. The summed E-state index contributed by atoms with van der Waals surface area (Å²) in [6, 6.07) is 2.89. The molecule has 9 heteroatoms. The molecule has 22 heavy (non-hydrogen) atoms. The van der Waals surface area contributed by atoms with Gasteiger partial charge >= 0.3 is 11.6 Å². The normalized spacial score (nSPS) is 11.0. The summed E-state index contributed by atoms with van der Waals surface area (Å²) in [7, 11) is 2.87. The number of nitrogens with zero attached hydrogens (tertiary/aromatic N) is 4. The first kappa shape index (κ1) is 13.7. The van der Waals surface area contributed by atoms with E-state index in [1.54, 1.807) is 6.20 Å². The van der Waals surface area contributed by atoms with Gasteiger partial charge in [-0.1, -0.05) is 0 Å². The van der Waals surface area contributed by atoms with Crippen LogP contribution in [0.5, 0.6) is 0 Å². The SMILES string of the molecule is Cn1c(=O)c2[nH]c(-[n+]3cccc(C(=O)[O-])c3)nc2n(C)c1=O. The molecule has 3 aromatic rings.